The molecule has 1 unspecified atom stereocenters. The van der Waals surface area contributed by atoms with Crippen molar-refractivity contribution in [1.82, 2.24) is 20.1 Å². The van der Waals surface area contributed by atoms with E-state index >= 15 is 0 Å². The van der Waals surface area contributed by atoms with Crippen LogP contribution in [-0.4, -0.2) is 27.9 Å². The van der Waals surface area contributed by atoms with Gasteiger partial charge >= 0.3 is 0 Å². The van der Waals surface area contributed by atoms with Crippen LogP contribution in [-0.2, 0) is 13.1 Å². The van der Waals surface area contributed by atoms with Crippen LogP contribution in [0.3, 0.4) is 0 Å². The molecule has 0 saturated heterocycles. The van der Waals surface area contributed by atoms with Gasteiger partial charge in [-0.2, -0.15) is 0 Å². The fourth-order valence-electron chi connectivity index (χ4n) is 2.67. The predicted octanol–water partition coefficient (Wildman–Crippen LogP) is 1.95. The molecule has 2 aromatic rings. The maximum absolute atomic E-state index is 5.69. The molecule has 1 aliphatic heterocycles. The van der Waals surface area contributed by atoms with Crippen molar-refractivity contribution in [2.75, 3.05) is 13.2 Å². The lowest BCUT2D eigenvalue weighted by Gasteiger charge is -2.26. The van der Waals surface area contributed by atoms with Crippen molar-refractivity contribution in [2.24, 2.45) is 0 Å². The van der Waals surface area contributed by atoms with Crippen LogP contribution in [0.25, 0.3) is 0 Å². The third-order valence-electron chi connectivity index (χ3n) is 3.79. The molecule has 0 radical (unpaired) electrons. The van der Waals surface area contributed by atoms with Gasteiger partial charge in [-0.15, -0.1) is 10.2 Å². The van der Waals surface area contributed by atoms with Crippen LogP contribution in [0, 0.1) is 0 Å². The average Bonchev–Trinajstić information content (AvgIpc) is 2.95. The van der Waals surface area contributed by atoms with Crippen LogP contribution in [0.5, 0.6) is 5.75 Å². The number of hydrogen-bond acceptors (Lipinski definition) is 4. The van der Waals surface area contributed by atoms with E-state index in [2.05, 4.69) is 45.2 Å². The van der Waals surface area contributed by atoms with Crippen LogP contribution in [0.4, 0.5) is 0 Å². The lowest BCUT2D eigenvalue weighted by Crippen LogP contribution is -2.26. The summed E-state index contributed by atoms with van der Waals surface area (Å²) in [5, 5.41) is 11.6. The smallest absolute Gasteiger partial charge is 0.146 e. The number of hydrogen-bond donors (Lipinski definition) is 1. The summed E-state index contributed by atoms with van der Waals surface area (Å²) in [6.07, 6.45) is 2.84. The third-order valence-corrected chi connectivity index (χ3v) is 3.79. The Balaban J connectivity index is 1.60. The summed E-state index contributed by atoms with van der Waals surface area (Å²) in [4.78, 5) is 0. The number of ether oxygens (including phenoxy) is 1. The Morgan fingerprint density at radius 2 is 2.30 bits per heavy atom. The van der Waals surface area contributed by atoms with Gasteiger partial charge < -0.3 is 14.6 Å². The summed E-state index contributed by atoms with van der Waals surface area (Å²) in [5.41, 5.74) is 1.31. The largest absolute Gasteiger partial charge is 0.493 e. The molecule has 106 valence electrons. The molecule has 3 rings (SSSR count). The Labute approximate surface area is 119 Å². The topological polar surface area (TPSA) is 52.0 Å². The minimum Gasteiger partial charge on any atom is -0.493 e. The van der Waals surface area contributed by atoms with Gasteiger partial charge in [0.25, 0.3) is 0 Å². The highest BCUT2D eigenvalue weighted by molar-refractivity contribution is 5.37. The third kappa shape index (κ3) is 2.67. The lowest BCUT2D eigenvalue weighted by molar-refractivity contribution is 0.264. The zero-order chi connectivity index (χ0) is 13.8. The van der Waals surface area contributed by atoms with E-state index in [1.54, 1.807) is 6.33 Å². The van der Waals surface area contributed by atoms with Crippen molar-refractivity contribution in [3.05, 3.63) is 42.0 Å². The number of nitrogens with zero attached hydrogens (tertiary/aromatic N) is 3. The Kier molecular flexibility index (Phi) is 3.97. The van der Waals surface area contributed by atoms with E-state index < -0.39 is 0 Å². The van der Waals surface area contributed by atoms with Crippen LogP contribution in [0.1, 0.15) is 30.7 Å². The van der Waals surface area contributed by atoms with Gasteiger partial charge in [0.15, 0.2) is 0 Å². The quantitative estimate of drug-likeness (QED) is 0.904. The molecule has 1 aliphatic rings. The number of rotatable bonds is 5. The van der Waals surface area contributed by atoms with Crippen molar-refractivity contribution in [3.8, 4) is 5.75 Å². The van der Waals surface area contributed by atoms with Crippen LogP contribution in [0.2, 0.25) is 0 Å². The zero-order valence-electron chi connectivity index (χ0n) is 11.7. The van der Waals surface area contributed by atoms with E-state index in [4.69, 9.17) is 4.74 Å². The molecular formula is C15H20N4O. The molecule has 0 bridgehead atoms. The second-order valence-electron chi connectivity index (χ2n) is 5.04. The number of fused-ring (bicyclic) bond motifs is 1. The van der Waals surface area contributed by atoms with Gasteiger partial charge in [0.1, 0.15) is 17.9 Å². The number of aryl methyl sites for hydroxylation is 1. The lowest BCUT2D eigenvalue weighted by atomic mass is 9.93. The SMILES string of the molecule is CCn1cnnc1CNCC1CCOc2ccccc21. The highest BCUT2D eigenvalue weighted by atomic mass is 16.5. The van der Waals surface area contributed by atoms with E-state index in [9.17, 15) is 0 Å². The van der Waals surface area contributed by atoms with Gasteiger partial charge in [0.2, 0.25) is 0 Å². The van der Waals surface area contributed by atoms with E-state index in [1.807, 2.05) is 6.07 Å². The van der Waals surface area contributed by atoms with Crippen molar-refractivity contribution in [2.45, 2.75) is 32.4 Å². The number of aromatic nitrogens is 3. The molecule has 1 aromatic carbocycles. The standard InChI is InChI=1S/C15H20N4O/c1-2-19-11-17-18-15(19)10-16-9-12-7-8-20-14-6-4-3-5-13(12)14/h3-6,11-12,16H,2,7-10H2,1H3. The second kappa shape index (κ2) is 6.05. The first-order valence-electron chi connectivity index (χ1n) is 7.17. The Hall–Kier alpha value is -1.88. The molecule has 0 aliphatic carbocycles. The summed E-state index contributed by atoms with van der Waals surface area (Å²) >= 11 is 0. The molecule has 20 heavy (non-hydrogen) atoms. The van der Waals surface area contributed by atoms with E-state index in [0.29, 0.717) is 5.92 Å². The van der Waals surface area contributed by atoms with E-state index in [1.165, 1.54) is 5.56 Å². The molecular weight excluding hydrogens is 252 g/mol. The van der Waals surface area contributed by atoms with Crippen molar-refractivity contribution < 1.29 is 4.74 Å². The highest BCUT2D eigenvalue weighted by Crippen LogP contribution is 2.32. The Morgan fingerprint density at radius 1 is 1.40 bits per heavy atom. The number of nitrogens with one attached hydrogen (secondary N) is 1. The summed E-state index contributed by atoms with van der Waals surface area (Å²) in [7, 11) is 0. The Bertz CT molecular complexity index is 567. The molecule has 1 N–H and O–H groups in total. The van der Waals surface area contributed by atoms with Crippen molar-refractivity contribution >= 4 is 0 Å². The maximum Gasteiger partial charge on any atom is 0.146 e. The molecule has 0 saturated carbocycles. The Morgan fingerprint density at radius 3 is 3.20 bits per heavy atom. The molecule has 5 heteroatoms. The van der Waals surface area contributed by atoms with Crippen molar-refractivity contribution in [3.63, 3.8) is 0 Å². The first-order chi connectivity index (χ1) is 9.88. The molecule has 0 spiro atoms. The van der Waals surface area contributed by atoms with Gasteiger partial charge in [0.05, 0.1) is 13.2 Å². The summed E-state index contributed by atoms with van der Waals surface area (Å²) in [6, 6.07) is 8.32. The van der Waals surface area contributed by atoms with Gasteiger partial charge in [-0.25, -0.2) is 0 Å². The first kappa shape index (κ1) is 13.1. The number of para-hydroxylation sites is 1. The minimum atomic E-state index is 0.512. The molecule has 2 heterocycles. The molecule has 5 nitrogen and oxygen atoms in total. The fraction of sp³-hybridized carbons (Fsp3) is 0.467. The monoisotopic (exact) mass is 272 g/mol. The highest BCUT2D eigenvalue weighted by Gasteiger charge is 2.20. The fourth-order valence-corrected chi connectivity index (χ4v) is 2.67. The van der Waals surface area contributed by atoms with Crippen LogP contribution >= 0.6 is 0 Å². The second-order valence-corrected chi connectivity index (χ2v) is 5.04. The normalized spacial score (nSPS) is 17.6. The van der Waals surface area contributed by atoms with E-state index in [0.717, 1.165) is 44.2 Å². The molecule has 0 fully saturated rings. The minimum absolute atomic E-state index is 0.512. The molecule has 1 aromatic heterocycles. The summed E-state index contributed by atoms with van der Waals surface area (Å²) in [5.74, 6) is 2.54. The summed E-state index contributed by atoms with van der Waals surface area (Å²) in [6.45, 7) is 5.50. The van der Waals surface area contributed by atoms with Gasteiger partial charge in [0, 0.05) is 19.0 Å². The average molecular weight is 272 g/mol. The number of benzene rings is 1. The molecule has 1 atom stereocenters. The zero-order valence-corrected chi connectivity index (χ0v) is 11.7. The van der Waals surface area contributed by atoms with Crippen molar-refractivity contribution in [1.29, 1.82) is 0 Å². The first-order valence-corrected chi connectivity index (χ1v) is 7.17. The van der Waals surface area contributed by atoms with Crippen LogP contribution in [0.15, 0.2) is 30.6 Å². The van der Waals surface area contributed by atoms with Gasteiger partial charge in [-0.3, -0.25) is 0 Å². The van der Waals surface area contributed by atoms with Gasteiger partial charge in [-0.05, 0) is 25.0 Å². The summed E-state index contributed by atoms with van der Waals surface area (Å²) < 4.78 is 7.75. The van der Waals surface area contributed by atoms with Gasteiger partial charge in [-0.1, -0.05) is 18.2 Å². The van der Waals surface area contributed by atoms with Crippen LogP contribution < -0.4 is 10.1 Å². The maximum atomic E-state index is 5.69. The van der Waals surface area contributed by atoms with E-state index in [-0.39, 0.29) is 0 Å². The predicted molar refractivity (Wildman–Crippen MR) is 76.7 cm³/mol. The molecule has 0 amide bonds.